The van der Waals surface area contributed by atoms with Gasteiger partial charge in [0.2, 0.25) is 11.8 Å². The van der Waals surface area contributed by atoms with Crippen LogP contribution in [0, 0.1) is 12.8 Å². The van der Waals surface area contributed by atoms with E-state index < -0.39 is 0 Å². The average Bonchev–Trinajstić information content (AvgIpc) is 3.16. The van der Waals surface area contributed by atoms with Crippen molar-refractivity contribution >= 4 is 11.8 Å². The van der Waals surface area contributed by atoms with Crippen LogP contribution < -0.4 is 5.32 Å². The molecule has 3 rings (SSSR count). The van der Waals surface area contributed by atoms with Crippen molar-refractivity contribution in [3.63, 3.8) is 0 Å². The van der Waals surface area contributed by atoms with E-state index in [0.717, 1.165) is 16.8 Å². The van der Waals surface area contributed by atoms with Crippen molar-refractivity contribution in [3.05, 3.63) is 53.3 Å². The third-order valence-corrected chi connectivity index (χ3v) is 4.98. The van der Waals surface area contributed by atoms with E-state index in [1.807, 2.05) is 56.1 Å². The molecule has 132 valence electrons. The van der Waals surface area contributed by atoms with Gasteiger partial charge in [0.05, 0.1) is 24.2 Å². The summed E-state index contributed by atoms with van der Waals surface area (Å²) >= 11 is 0. The Morgan fingerprint density at radius 2 is 2.08 bits per heavy atom. The summed E-state index contributed by atoms with van der Waals surface area (Å²) in [6.07, 6.45) is 1.96. The number of amides is 2. The summed E-state index contributed by atoms with van der Waals surface area (Å²) in [5.41, 5.74) is 3.08. The maximum absolute atomic E-state index is 12.8. The third kappa shape index (κ3) is 3.29. The molecule has 0 saturated carbocycles. The molecule has 1 aromatic carbocycles. The van der Waals surface area contributed by atoms with Crippen LogP contribution in [-0.4, -0.2) is 33.0 Å². The molecular weight excluding hydrogens is 316 g/mol. The molecule has 1 N–H and O–H groups in total. The van der Waals surface area contributed by atoms with Crippen molar-refractivity contribution in [1.29, 1.82) is 0 Å². The number of hydrogen-bond acceptors (Lipinski definition) is 3. The molecule has 0 aliphatic carbocycles. The van der Waals surface area contributed by atoms with Crippen LogP contribution in [0.5, 0.6) is 0 Å². The third-order valence-electron chi connectivity index (χ3n) is 4.98. The van der Waals surface area contributed by atoms with Crippen LogP contribution >= 0.6 is 0 Å². The maximum atomic E-state index is 12.8. The van der Waals surface area contributed by atoms with Gasteiger partial charge >= 0.3 is 0 Å². The number of aryl methyl sites for hydroxylation is 2. The van der Waals surface area contributed by atoms with Gasteiger partial charge in [-0.3, -0.25) is 14.3 Å². The van der Waals surface area contributed by atoms with Crippen molar-refractivity contribution in [2.45, 2.75) is 32.9 Å². The first-order valence-electron chi connectivity index (χ1n) is 8.62. The van der Waals surface area contributed by atoms with E-state index in [9.17, 15) is 9.59 Å². The number of carbonyl (C=O) groups excluding carboxylic acids is 2. The molecule has 1 saturated heterocycles. The number of nitrogens with one attached hydrogen (secondary N) is 1. The zero-order valence-corrected chi connectivity index (χ0v) is 14.9. The monoisotopic (exact) mass is 340 g/mol. The number of likely N-dealkylation sites (tertiary alicyclic amines) is 1. The Labute approximate surface area is 147 Å². The molecule has 2 atom stereocenters. The lowest BCUT2D eigenvalue weighted by Gasteiger charge is -2.28. The predicted octanol–water partition coefficient (Wildman–Crippen LogP) is 1.95. The highest BCUT2D eigenvalue weighted by atomic mass is 16.2. The molecule has 6 heteroatoms. The molecule has 25 heavy (non-hydrogen) atoms. The smallest absolute Gasteiger partial charge is 0.226 e. The van der Waals surface area contributed by atoms with Crippen molar-refractivity contribution in [2.24, 2.45) is 13.0 Å². The summed E-state index contributed by atoms with van der Waals surface area (Å²) in [7, 11) is 1.84. The van der Waals surface area contributed by atoms with Gasteiger partial charge in [-0.1, -0.05) is 24.3 Å². The van der Waals surface area contributed by atoms with Crippen LogP contribution in [0.15, 0.2) is 36.5 Å². The van der Waals surface area contributed by atoms with Gasteiger partial charge in [-0.15, -0.1) is 0 Å². The number of nitrogens with zero attached hydrogens (tertiary/aromatic N) is 3. The summed E-state index contributed by atoms with van der Waals surface area (Å²) in [6.45, 7) is 4.99. The second-order valence-corrected chi connectivity index (χ2v) is 6.46. The normalized spacial score (nSPS) is 20.1. The van der Waals surface area contributed by atoms with Gasteiger partial charge in [-0.05, 0) is 31.0 Å². The summed E-state index contributed by atoms with van der Waals surface area (Å²) < 4.78 is 1.73. The van der Waals surface area contributed by atoms with E-state index in [2.05, 4.69) is 10.4 Å². The van der Waals surface area contributed by atoms with Gasteiger partial charge in [0.25, 0.3) is 0 Å². The number of hydrogen-bond donors (Lipinski definition) is 1. The summed E-state index contributed by atoms with van der Waals surface area (Å²) in [4.78, 5) is 27.1. The molecule has 1 aliphatic heterocycles. The standard InChI is InChI=1S/C19H24N4O2/c1-4-23-17(24)11-16(18(23)15-8-6-5-7-13(15)2)19(25)20-12-14-9-10-21-22(14)3/h5-10,16,18H,4,11-12H2,1-3H3,(H,20,25)/t16-,18+/m1/s1. The Morgan fingerprint density at radius 1 is 1.32 bits per heavy atom. The second-order valence-electron chi connectivity index (χ2n) is 6.46. The van der Waals surface area contributed by atoms with Crippen LogP contribution in [0.2, 0.25) is 0 Å². The number of rotatable bonds is 5. The summed E-state index contributed by atoms with van der Waals surface area (Å²) in [6, 6.07) is 9.65. The van der Waals surface area contributed by atoms with Gasteiger partial charge in [-0.25, -0.2) is 0 Å². The van der Waals surface area contributed by atoms with Gasteiger partial charge < -0.3 is 10.2 Å². The second kappa shape index (κ2) is 7.09. The average molecular weight is 340 g/mol. The minimum Gasteiger partial charge on any atom is -0.350 e. The molecule has 2 aromatic rings. The van der Waals surface area contributed by atoms with Crippen LogP contribution in [0.3, 0.4) is 0 Å². The first kappa shape index (κ1) is 17.2. The Morgan fingerprint density at radius 3 is 2.72 bits per heavy atom. The Kier molecular flexibility index (Phi) is 4.88. The molecule has 1 fully saturated rings. The zero-order valence-electron chi connectivity index (χ0n) is 14.9. The molecule has 0 radical (unpaired) electrons. The lowest BCUT2D eigenvalue weighted by molar-refractivity contribution is -0.129. The molecule has 1 aromatic heterocycles. The Bertz CT molecular complexity index is 783. The van der Waals surface area contributed by atoms with Crippen LogP contribution in [-0.2, 0) is 23.2 Å². The molecule has 1 aliphatic rings. The molecule has 6 nitrogen and oxygen atoms in total. The highest BCUT2D eigenvalue weighted by molar-refractivity contribution is 5.90. The molecular formula is C19H24N4O2. The molecule has 2 heterocycles. The highest BCUT2D eigenvalue weighted by Crippen LogP contribution is 2.39. The van der Waals surface area contributed by atoms with E-state index in [4.69, 9.17) is 0 Å². The minimum atomic E-state index is -0.373. The first-order chi connectivity index (χ1) is 12.0. The molecule has 0 unspecified atom stereocenters. The lowest BCUT2D eigenvalue weighted by atomic mass is 9.90. The fraction of sp³-hybridized carbons (Fsp3) is 0.421. The van der Waals surface area contributed by atoms with Crippen LogP contribution in [0.25, 0.3) is 0 Å². The Balaban J connectivity index is 1.83. The highest BCUT2D eigenvalue weighted by Gasteiger charge is 2.44. The van der Waals surface area contributed by atoms with Crippen molar-refractivity contribution in [2.75, 3.05) is 6.54 Å². The van der Waals surface area contributed by atoms with Gasteiger partial charge in [0, 0.05) is 26.2 Å². The first-order valence-corrected chi connectivity index (χ1v) is 8.62. The van der Waals surface area contributed by atoms with Gasteiger partial charge in [0.1, 0.15) is 0 Å². The Hall–Kier alpha value is -2.63. The van der Waals surface area contributed by atoms with E-state index in [1.54, 1.807) is 10.9 Å². The topological polar surface area (TPSA) is 67.2 Å². The van der Waals surface area contributed by atoms with E-state index in [0.29, 0.717) is 13.1 Å². The summed E-state index contributed by atoms with van der Waals surface area (Å²) in [5, 5.41) is 7.08. The van der Waals surface area contributed by atoms with Crippen molar-refractivity contribution < 1.29 is 9.59 Å². The van der Waals surface area contributed by atoms with Crippen LogP contribution in [0.4, 0.5) is 0 Å². The van der Waals surface area contributed by atoms with Crippen molar-refractivity contribution in [1.82, 2.24) is 20.0 Å². The zero-order chi connectivity index (χ0) is 18.0. The van der Waals surface area contributed by atoms with E-state index in [1.165, 1.54) is 0 Å². The quantitative estimate of drug-likeness (QED) is 0.905. The fourth-order valence-electron chi connectivity index (χ4n) is 3.59. The molecule has 0 bridgehead atoms. The van der Waals surface area contributed by atoms with E-state index >= 15 is 0 Å². The predicted molar refractivity (Wildman–Crippen MR) is 94.5 cm³/mol. The minimum absolute atomic E-state index is 0.0384. The van der Waals surface area contributed by atoms with Gasteiger partial charge in [0.15, 0.2) is 0 Å². The van der Waals surface area contributed by atoms with Crippen molar-refractivity contribution in [3.8, 4) is 0 Å². The maximum Gasteiger partial charge on any atom is 0.226 e. The van der Waals surface area contributed by atoms with Crippen LogP contribution in [0.1, 0.15) is 36.2 Å². The number of benzene rings is 1. The molecule has 2 amide bonds. The fourth-order valence-corrected chi connectivity index (χ4v) is 3.59. The largest absolute Gasteiger partial charge is 0.350 e. The lowest BCUT2D eigenvalue weighted by Crippen LogP contribution is -2.36. The van der Waals surface area contributed by atoms with E-state index in [-0.39, 0.29) is 30.2 Å². The van der Waals surface area contributed by atoms with Gasteiger partial charge in [-0.2, -0.15) is 5.10 Å². The number of aromatic nitrogens is 2. The summed E-state index contributed by atoms with van der Waals surface area (Å²) in [5.74, 6) is -0.419. The number of carbonyl (C=O) groups is 2. The SMILES string of the molecule is CCN1C(=O)C[C@@H](C(=O)NCc2ccnn2C)[C@@H]1c1ccccc1C. The molecule has 0 spiro atoms.